The third kappa shape index (κ3) is 3.35. The standard InChI is InChI=1S/C16H22BrNO3/c1-18-16(13-5-2-3-6-19-13)11-9-14-15(10-12(11)17)21-8-4-7-20-14/h9-10,13,16,18H,2-8H2,1H3. The van der Waals surface area contributed by atoms with Crippen molar-refractivity contribution in [2.45, 2.75) is 37.8 Å². The summed E-state index contributed by atoms with van der Waals surface area (Å²) in [7, 11) is 1.98. The molecule has 2 aliphatic heterocycles. The highest BCUT2D eigenvalue weighted by Crippen LogP contribution is 2.39. The Hall–Kier alpha value is -0.780. The Kier molecular flexibility index (Phi) is 5.03. The quantitative estimate of drug-likeness (QED) is 0.901. The van der Waals surface area contributed by atoms with Crippen LogP contribution >= 0.6 is 15.9 Å². The SMILES string of the molecule is CNC(c1cc2c(cc1Br)OCCCO2)C1CCCCO1. The lowest BCUT2D eigenvalue weighted by Gasteiger charge is -2.31. The summed E-state index contributed by atoms with van der Waals surface area (Å²) in [5.41, 5.74) is 1.17. The lowest BCUT2D eigenvalue weighted by Crippen LogP contribution is -2.34. The number of halogens is 1. The van der Waals surface area contributed by atoms with Crippen LogP contribution in [0.3, 0.4) is 0 Å². The van der Waals surface area contributed by atoms with Crippen LogP contribution in [0.1, 0.15) is 37.3 Å². The molecule has 21 heavy (non-hydrogen) atoms. The number of hydrogen-bond donors (Lipinski definition) is 1. The van der Waals surface area contributed by atoms with Crippen LogP contribution in [0.2, 0.25) is 0 Å². The van der Waals surface area contributed by atoms with Gasteiger partial charge in [0.25, 0.3) is 0 Å². The normalized spacial score (nSPS) is 23.4. The maximum atomic E-state index is 5.95. The topological polar surface area (TPSA) is 39.7 Å². The fraction of sp³-hybridized carbons (Fsp3) is 0.625. The van der Waals surface area contributed by atoms with E-state index in [1.807, 2.05) is 13.1 Å². The summed E-state index contributed by atoms with van der Waals surface area (Å²) in [6.07, 6.45) is 4.61. The molecule has 116 valence electrons. The van der Waals surface area contributed by atoms with E-state index in [0.717, 1.165) is 41.8 Å². The van der Waals surface area contributed by atoms with Gasteiger partial charge in [-0.25, -0.2) is 0 Å². The van der Waals surface area contributed by atoms with Gasteiger partial charge in [0.15, 0.2) is 11.5 Å². The van der Waals surface area contributed by atoms with Crippen molar-refractivity contribution in [3.05, 3.63) is 22.2 Å². The minimum atomic E-state index is 0.164. The average Bonchev–Trinajstić information content (AvgIpc) is 2.74. The van der Waals surface area contributed by atoms with Gasteiger partial charge in [-0.1, -0.05) is 15.9 Å². The van der Waals surface area contributed by atoms with Crippen molar-refractivity contribution in [3.63, 3.8) is 0 Å². The summed E-state index contributed by atoms with van der Waals surface area (Å²) in [5.74, 6) is 1.66. The van der Waals surface area contributed by atoms with Gasteiger partial charge in [-0.05, 0) is 44.0 Å². The van der Waals surface area contributed by atoms with Crippen molar-refractivity contribution in [1.82, 2.24) is 5.32 Å². The van der Waals surface area contributed by atoms with E-state index in [1.165, 1.54) is 12.0 Å². The highest BCUT2D eigenvalue weighted by atomic mass is 79.9. The van der Waals surface area contributed by atoms with Crippen molar-refractivity contribution >= 4 is 15.9 Å². The summed E-state index contributed by atoms with van der Waals surface area (Å²) >= 11 is 3.68. The molecule has 0 aromatic heterocycles. The van der Waals surface area contributed by atoms with Crippen molar-refractivity contribution in [2.75, 3.05) is 26.9 Å². The molecule has 0 radical (unpaired) electrons. The largest absolute Gasteiger partial charge is 0.490 e. The van der Waals surface area contributed by atoms with E-state index in [9.17, 15) is 0 Å². The molecule has 1 aromatic rings. The summed E-state index contributed by atoms with van der Waals surface area (Å²) < 4.78 is 18.5. The first-order valence-electron chi connectivity index (χ1n) is 7.67. The number of benzene rings is 1. The molecule has 1 fully saturated rings. The van der Waals surface area contributed by atoms with Gasteiger partial charge < -0.3 is 19.5 Å². The van der Waals surface area contributed by atoms with Crippen LogP contribution in [0.25, 0.3) is 0 Å². The minimum Gasteiger partial charge on any atom is -0.490 e. The Morgan fingerprint density at radius 2 is 1.86 bits per heavy atom. The third-order valence-corrected chi connectivity index (χ3v) is 4.79. The van der Waals surface area contributed by atoms with Crippen LogP contribution < -0.4 is 14.8 Å². The smallest absolute Gasteiger partial charge is 0.162 e. The van der Waals surface area contributed by atoms with Crippen molar-refractivity contribution < 1.29 is 14.2 Å². The number of likely N-dealkylation sites (N-methyl/N-ethyl adjacent to an activating group) is 1. The van der Waals surface area contributed by atoms with E-state index >= 15 is 0 Å². The second kappa shape index (κ2) is 6.99. The maximum Gasteiger partial charge on any atom is 0.162 e. The van der Waals surface area contributed by atoms with Gasteiger partial charge >= 0.3 is 0 Å². The van der Waals surface area contributed by atoms with Gasteiger partial charge in [-0.15, -0.1) is 0 Å². The summed E-state index contributed by atoms with van der Waals surface area (Å²) in [4.78, 5) is 0. The fourth-order valence-corrected chi connectivity index (χ4v) is 3.58. The van der Waals surface area contributed by atoms with Gasteiger partial charge in [0.1, 0.15) is 0 Å². The number of nitrogens with one attached hydrogen (secondary N) is 1. The molecule has 1 saturated heterocycles. The summed E-state index contributed by atoms with van der Waals surface area (Å²) in [5, 5.41) is 3.40. The molecule has 2 heterocycles. The molecule has 0 aliphatic carbocycles. The second-order valence-electron chi connectivity index (χ2n) is 5.54. The lowest BCUT2D eigenvalue weighted by molar-refractivity contribution is -0.00680. The summed E-state index contributed by atoms with van der Waals surface area (Å²) in [6.45, 7) is 2.27. The van der Waals surface area contributed by atoms with Crippen molar-refractivity contribution in [3.8, 4) is 11.5 Å². The molecule has 3 rings (SSSR count). The molecular formula is C16H22BrNO3. The predicted molar refractivity (Wildman–Crippen MR) is 85.1 cm³/mol. The predicted octanol–water partition coefficient (Wildman–Crippen LogP) is 3.44. The Morgan fingerprint density at radius 1 is 1.10 bits per heavy atom. The first-order chi connectivity index (χ1) is 10.3. The van der Waals surface area contributed by atoms with E-state index in [1.54, 1.807) is 0 Å². The van der Waals surface area contributed by atoms with E-state index in [2.05, 4.69) is 27.3 Å². The van der Waals surface area contributed by atoms with Crippen LogP contribution in [0.4, 0.5) is 0 Å². The maximum absolute atomic E-state index is 5.95. The first kappa shape index (κ1) is 15.1. The molecule has 1 N–H and O–H groups in total. The van der Waals surface area contributed by atoms with Crippen LogP contribution in [0.5, 0.6) is 11.5 Å². The Morgan fingerprint density at radius 3 is 2.52 bits per heavy atom. The van der Waals surface area contributed by atoms with Gasteiger partial charge in [-0.3, -0.25) is 0 Å². The minimum absolute atomic E-state index is 0.164. The number of hydrogen-bond acceptors (Lipinski definition) is 4. The zero-order valence-electron chi connectivity index (χ0n) is 12.4. The molecule has 0 amide bonds. The molecular weight excluding hydrogens is 334 g/mol. The molecule has 2 aliphatic rings. The first-order valence-corrected chi connectivity index (χ1v) is 8.47. The van der Waals surface area contributed by atoms with Crippen LogP contribution in [-0.2, 0) is 4.74 Å². The Bertz CT molecular complexity index is 489. The Balaban J connectivity index is 1.90. The van der Waals surface area contributed by atoms with E-state index in [0.29, 0.717) is 13.2 Å². The van der Waals surface area contributed by atoms with Crippen LogP contribution in [0.15, 0.2) is 16.6 Å². The van der Waals surface area contributed by atoms with Gasteiger partial charge in [0.2, 0.25) is 0 Å². The highest BCUT2D eigenvalue weighted by Gasteiger charge is 2.27. The van der Waals surface area contributed by atoms with E-state index < -0.39 is 0 Å². The Labute approximate surface area is 134 Å². The van der Waals surface area contributed by atoms with Crippen LogP contribution in [-0.4, -0.2) is 33.0 Å². The van der Waals surface area contributed by atoms with Crippen molar-refractivity contribution in [1.29, 1.82) is 0 Å². The summed E-state index contributed by atoms with van der Waals surface area (Å²) in [6, 6.07) is 4.27. The van der Waals surface area contributed by atoms with Crippen molar-refractivity contribution in [2.24, 2.45) is 0 Å². The van der Waals surface area contributed by atoms with Gasteiger partial charge in [0, 0.05) is 17.5 Å². The monoisotopic (exact) mass is 355 g/mol. The fourth-order valence-electron chi connectivity index (χ4n) is 3.01. The number of fused-ring (bicyclic) bond motifs is 1. The zero-order valence-corrected chi connectivity index (χ0v) is 13.9. The van der Waals surface area contributed by atoms with Crippen LogP contribution in [0, 0.1) is 0 Å². The zero-order chi connectivity index (χ0) is 14.7. The van der Waals surface area contributed by atoms with E-state index in [-0.39, 0.29) is 12.1 Å². The van der Waals surface area contributed by atoms with E-state index in [4.69, 9.17) is 14.2 Å². The molecule has 2 unspecified atom stereocenters. The third-order valence-electron chi connectivity index (χ3n) is 4.10. The van der Waals surface area contributed by atoms with Gasteiger partial charge in [0.05, 0.1) is 25.4 Å². The highest BCUT2D eigenvalue weighted by molar-refractivity contribution is 9.10. The molecule has 1 aromatic carbocycles. The number of rotatable bonds is 3. The molecule has 0 bridgehead atoms. The lowest BCUT2D eigenvalue weighted by atomic mass is 9.95. The molecule has 5 heteroatoms. The number of ether oxygens (including phenoxy) is 3. The molecule has 2 atom stereocenters. The molecule has 0 saturated carbocycles. The average molecular weight is 356 g/mol. The molecule has 0 spiro atoms. The second-order valence-corrected chi connectivity index (χ2v) is 6.40. The molecule has 4 nitrogen and oxygen atoms in total. The van der Waals surface area contributed by atoms with Gasteiger partial charge in [-0.2, -0.15) is 0 Å².